The number of aromatic nitrogens is 2. The van der Waals surface area contributed by atoms with E-state index in [0.717, 1.165) is 30.8 Å². The van der Waals surface area contributed by atoms with Gasteiger partial charge in [-0.1, -0.05) is 35.7 Å². The molecule has 0 bridgehead atoms. The Morgan fingerprint density at radius 2 is 1.95 bits per heavy atom. The lowest BCUT2D eigenvalue weighted by Crippen LogP contribution is -2.33. The zero-order valence-corrected chi connectivity index (χ0v) is 13.2. The van der Waals surface area contributed by atoms with E-state index in [-0.39, 0.29) is 0 Å². The predicted molar refractivity (Wildman–Crippen MR) is 85.5 cm³/mol. The second-order valence-electron chi connectivity index (χ2n) is 5.32. The Balaban J connectivity index is 1.85. The van der Waals surface area contributed by atoms with Gasteiger partial charge in [-0.2, -0.15) is 0 Å². The molecule has 1 fully saturated rings. The Kier molecular flexibility index (Phi) is 4.73. The predicted octanol–water partition coefficient (Wildman–Crippen LogP) is 4.51. The normalized spacial score (nSPS) is 19.6. The number of hydrogen-bond donors (Lipinski definition) is 0. The second-order valence-corrected chi connectivity index (χ2v) is 6.13. The lowest BCUT2D eigenvalue weighted by molar-refractivity contribution is 0.137. The molecule has 0 radical (unpaired) electrons. The van der Waals surface area contributed by atoms with E-state index in [1.807, 2.05) is 18.3 Å². The molecular weight excluding hydrogens is 305 g/mol. The maximum absolute atomic E-state index is 6.25. The highest BCUT2D eigenvalue weighted by molar-refractivity contribution is 6.35. The Bertz CT molecular complexity index is 583. The fourth-order valence-electron chi connectivity index (χ4n) is 2.88. The summed E-state index contributed by atoms with van der Waals surface area (Å²) in [6.07, 6.45) is 8.72. The van der Waals surface area contributed by atoms with E-state index in [1.165, 1.54) is 12.8 Å². The van der Waals surface area contributed by atoms with Crippen molar-refractivity contribution in [2.45, 2.75) is 31.8 Å². The van der Waals surface area contributed by atoms with Crippen LogP contribution in [-0.4, -0.2) is 21.4 Å². The summed E-state index contributed by atoms with van der Waals surface area (Å²) in [5.41, 5.74) is 2.08. The van der Waals surface area contributed by atoms with Gasteiger partial charge >= 0.3 is 0 Å². The molecule has 0 amide bonds. The topological polar surface area (TPSA) is 29.0 Å². The molecule has 2 aromatic rings. The van der Waals surface area contributed by atoms with Crippen LogP contribution in [0.5, 0.6) is 0 Å². The van der Waals surface area contributed by atoms with Crippen molar-refractivity contribution in [1.82, 2.24) is 14.9 Å². The summed E-state index contributed by atoms with van der Waals surface area (Å²) in [4.78, 5) is 11.0. The van der Waals surface area contributed by atoms with Crippen molar-refractivity contribution in [2.75, 3.05) is 6.54 Å². The van der Waals surface area contributed by atoms with Crippen molar-refractivity contribution >= 4 is 23.2 Å². The summed E-state index contributed by atoms with van der Waals surface area (Å²) in [7, 11) is 0. The first-order valence-electron chi connectivity index (χ1n) is 7.18. The van der Waals surface area contributed by atoms with Crippen LogP contribution in [0.15, 0.2) is 36.8 Å². The summed E-state index contributed by atoms with van der Waals surface area (Å²) in [5.74, 6) is 0. The van der Waals surface area contributed by atoms with E-state index in [0.29, 0.717) is 16.1 Å². The first-order valence-corrected chi connectivity index (χ1v) is 7.94. The maximum atomic E-state index is 6.25. The van der Waals surface area contributed by atoms with Gasteiger partial charge in [0.05, 0.1) is 21.8 Å². The molecule has 0 N–H and O–H groups in total. The summed E-state index contributed by atoms with van der Waals surface area (Å²) < 4.78 is 0. The Hall–Kier alpha value is -1.16. The molecular formula is C16H17Cl2N3. The van der Waals surface area contributed by atoms with E-state index in [1.54, 1.807) is 12.4 Å². The molecule has 110 valence electrons. The number of rotatable bonds is 3. The van der Waals surface area contributed by atoms with Crippen LogP contribution in [0, 0.1) is 0 Å². The largest absolute Gasteiger partial charge is 0.290 e. The first-order chi connectivity index (χ1) is 10.3. The SMILES string of the molecule is Clc1cncc(Cl)c1CN1CCCCC1c1ccccn1. The number of piperidine rings is 1. The summed E-state index contributed by atoms with van der Waals surface area (Å²) in [6.45, 7) is 1.78. The molecule has 3 heterocycles. The molecule has 1 atom stereocenters. The molecule has 21 heavy (non-hydrogen) atoms. The smallest absolute Gasteiger partial charge is 0.0649 e. The van der Waals surface area contributed by atoms with Crippen LogP contribution >= 0.6 is 23.2 Å². The third kappa shape index (κ3) is 3.37. The molecule has 3 nitrogen and oxygen atoms in total. The van der Waals surface area contributed by atoms with Gasteiger partial charge in [-0.25, -0.2) is 0 Å². The molecule has 1 saturated heterocycles. The summed E-state index contributed by atoms with van der Waals surface area (Å²) in [5, 5.41) is 1.26. The van der Waals surface area contributed by atoms with Crippen molar-refractivity contribution in [3.8, 4) is 0 Å². The van der Waals surface area contributed by atoms with E-state index in [2.05, 4.69) is 20.9 Å². The molecule has 5 heteroatoms. The monoisotopic (exact) mass is 321 g/mol. The van der Waals surface area contributed by atoms with Gasteiger partial charge < -0.3 is 0 Å². The van der Waals surface area contributed by atoms with E-state index >= 15 is 0 Å². The number of nitrogens with zero attached hydrogens (tertiary/aromatic N) is 3. The van der Waals surface area contributed by atoms with Crippen molar-refractivity contribution in [3.05, 3.63) is 58.1 Å². The fraction of sp³-hybridized carbons (Fsp3) is 0.375. The lowest BCUT2D eigenvalue weighted by atomic mass is 9.98. The average Bonchev–Trinajstić information content (AvgIpc) is 2.52. The van der Waals surface area contributed by atoms with Gasteiger partial charge in [0.1, 0.15) is 0 Å². The number of pyridine rings is 2. The zero-order chi connectivity index (χ0) is 14.7. The van der Waals surface area contributed by atoms with Crippen LogP contribution in [0.25, 0.3) is 0 Å². The van der Waals surface area contributed by atoms with Crippen LogP contribution in [0.3, 0.4) is 0 Å². The summed E-state index contributed by atoms with van der Waals surface area (Å²) >= 11 is 12.5. The van der Waals surface area contributed by atoms with E-state index in [4.69, 9.17) is 23.2 Å². The molecule has 0 spiro atoms. The molecule has 0 aliphatic carbocycles. The number of hydrogen-bond acceptors (Lipinski definition) is 3. The first kappa shape index (κ1) is 14.8. The summed E-state index contributed by atoms with van der Waals surface area (Å²) in [6, 6.07) is 6.42. The third-order valence-electron chi connectivity index (χ3n) is 3.96. The minimum absolute atomic E-state index is 0.334. The minimum atomic E-state index is 0.334. The van der Waals surface area contributed by atoms with Gasteiger partial charge in [0.15, 0.2) is 0 Å². The molecule has 0 saturated carbocycles. The quantitative estimate of drug-likeness (QED) is 0.832. The standard InChI is InChI=1S/C16H17Cl2N3/c17-13-9-19-10-14(18)12(13)11-21-8-4-2-6-16(21)15-5-1-3-7-20-15/h1,3,5,7,9-10,16H,2,4,6,8,11H2. The molecule has 1 aliphatic rings. The van der Waals surface area contributed by atoms with E-state index < -0.39 is 0 Å². The molecule has 2 aromatic heterocycles. The van der Waals surface area contributed by atoms with Crippen LogP contribution in [0.1, 0.15) is 36.6 Å². The maximum Gasteiger partial charge on any atom is 0.0649 e. The van der Waals surface area contributed by atoms with Crippen LogP contribution in [0.4, 0.5) is 0 Å². The van der Waals surface area contributed by atoms with Gasteiger partial charge in [0.2, 0.25) is 0 Å². The highest BCUT2D eigenvalue weighted by Crippen LogP contribution is 2.33. The van der Waals surface area contributed by atoms with Crippen molar-refractivity contribution in [2.24, 2.45) is 0 Å². The second kappa shape index (κ2) is 6.73. The highest BCUT2D eigenvalue weighted by atomic mass is 35.5. The van der Waals surface area contributed by atoms with Crippen molar-refractivity contribution in [1.29, 1.82) is 0 Å². The third-order valence-corrected chi connectivity index (χ3v) is 4.61. The highest BCUT2D eigenvalue weighted by Gasteiger charge is 2.26. The van der Waals surface area contributed by atoms with Gasteiger partial charge in [0, 0.05) is 30.7 Å². The van der Waals surface area contributed by atoms with Crippen LogP contribution in [-0.2, 0) is 6.54 Å². The number of likely N-dealkylation sites (tertiary alicyclic amines) is 1. The lowest BCUT2D eigenvalue weighted by Gasteiger charge is -2.35. The molecule has 1 aliphatic heterocycles. The Morgan fingerprint density at radius 1 is 1.14 bits per heavy atom. The van der Waals surface area contributed by atoms with Crippen molar-refractivity contribution < 1.29 is 0 Å². The van der Waals surface area contributed by atoms with Gasteiger partial charge in [0.25, 0.3) is 0 Å². The fourth-order valence-corrected chi connectivity index (χ4v) is 3.36. The Morgan fingerprint density at radius 3 is 2.67 bits per heavy atom. The minimum Gasteiger partial charge on any atom is -0.290 e. The average molecular weight is 322 g/mol. The zero-order valence-electron chi connectivity index (χ0n) is 11.7. The van der Waals surface area contributed by atoms with Gasteiger partial charge in [-0.3, -0.25) is 14.9 Å². The van der Waals surface area contributed by atoms with Gasteiger partial charge in [-0.15, -0.1) is 0 Å². The number of halogens is 2. The van der Waals surface area contributed by atoms with Crippen LogP contribution < -0.4 is 0 Å². The van der Waals surface area contributed by atoms with Crippen molar-refractivity contribution in [3.63, 3.8) is 0 Å². The van der Waals surface area contributed by atoms with Gasteiger partial charge in [-0.05, 0) is 31.5 Å². The van der Waals surface area contributed by atoms with E-state index in [9.17, 15) is 0 Å². The molecule has 3 rings (SSSR count). The molecule has 0 aromatic carbocycles. The molecule has 1 unspecified atom stereocenters. The Labute approximate surface area is 134 Å². The van der Waals surface area contributed by atoms with Crippen LogP contribution in [0.2, 0.25) is 10.0 Å².